The van der Waals surface area contributed by atoms with Gasteiger partial charge in [0.15, 0.2) is 5.82 Å². The number of fused-ring (bicyclic) bond motifs is 1. The second kappa shape index (κ2) is 5.17. The van der Waals surface area contributed by atoms with Gasteiger partial charge in [-0.3, -0.25) is 4.90 Å². The molecule has 0 aromatic carbocycles. The van der Waals surface area contributed by atoms with Crippen LogP contribution in [-0.4, -0.2) is 54.9 Å². The molecule has 2 atom stereocenters. The lowest BCUT2D eigenvalue weighted by Gasteiger charge is -2.49. The minimum absolute atomic E-state index is 0.333. The molecular weight excluding hydrogens is 242 g/mol. The number of piperidine rings is 2. The van der Waals surface area contributed by atoms with Gasteiger partial charge in [-0.15, -0.1) is 10.2 Å². The van der Waals surface area contributed by atoms with Crippen LogP contribution >= 0.6 is 0 Å². The lowest BCUT2D eigenvalue weighted by molar-refractivity contribution is -0.101. The van der Waals surface area contributed by atoms with Gasteiger partial charge in [0.05, 0.1) is 12.1 Å². The highest BCUT2D eigenvalue weighted by molar-refractivity contribution is 4.98. The van der Waals surface area contributed by atoms with E-state index >= 15 is 0 Å². The van der Waals surface area contributed by atoms with Gasteiger partial charge >= 0.3 is 0 Å². The van der Waals surface area contributed by atoms with E-state index in [9.17, 15) is 5.11 Å². The Labute approximate surface area is 113 Å². The van der Waals surface area contributed by atoms with Gasteiger partial charge in [-0.2, -0.15) is 4.80 Å². The van der Waals surface area contributed by atoms with Crippen LogP contribution in [0.1, 0.15) is 44.3 Å². The third kappa shape index (κ3) is 2.65. The zero-order chi connectivity index (χ0) is 13.3. The van der Waals surface area contributed by atoms with Crippen LogP contribution in [-0.2, 0) is 6.54 Å². The van der Waals surface area contributed by atoms with E-state index in [-0.39, 0.29) is 0 Å². The molecule has 1 aromatic heterocycles. The van der Waals surface area contributed by atoms with Gasteiger partial charge in [0.1, 0.15) is 0 Å². The van der Waals surface area contributed by atoms with Crippen molar-refractivity contribution in [2.24, 2.45) is 0 Å². The van der Waals surface area contributed by atoms with E-state index in [1.54, 1.807) is 4.80 Å². The van der Waals surface area contributed by atoms with Gasteiger partial charge in [-0.05, 0) is 57.3 Å². The summed E-state index contributed by atoms with van der Waals surface area (Å²) in [5.41, 5.74) is -0.569. The Hall–Kier alpha value is -1.01. The van der Waals surface area contributed by atoms with Gasteiger partial charge < -0.3 is 5.11 Å². The van der Waals surface area contributed by atoms with Crippen molar-refractivity contribution in [1.29, 1.82) is 0 Å². The Kier molecular flexibility index (Phi) is 3.54. The fourth-order valence-corrected chi connectivity index (χ4v) is 3.63. The quantitative estimate of drug-likeness (QED) is 0.873. The van der Waals surface area contributed by atoms with Crippen molar-refractivity contribution >= 4 is 0 Å². The van der Waals surface area contributed by atoms with E-state index in [2.05, 4.69) is 20.3 Å². The highest BCUT2D eigenvalue weighted by Gasteiger charge is 2.43. The zero-order valence-corrected chi connectivity index (χ0v) is 11.6. The SMILES string of the molecule is Cc1nnn(CC[C@]2(O)CCCN3CCCC[C@@H]32)n1. The number of hydrogen-bond acceptors (Lipinski definition) is 5. The molecule has 0 saturated carbocycles. The summed E-state index contributed by atoms with van der Waals surface area (Å²) < 4.78 is 0. The van der Waals surface area contributed by atoms with E-state index in [1.807, 2.05) is 6.92 Å². The Morgan fingerprint density at radius 2 is 2.16 bits per heavy atom. The van der Waals surface area contributed by atoms with Crippen molar-refractivity contribution < 1.29 is 5.11 Å². The third-order valence-electron chi connectivity index (χ3n) is 4.59. The Morgan fingerprint density at radius 3 is 2.95 bits per heavy atom. The Balaban J connectivity index is 1.66. The van der Waals surface area contributed by atoms with Crippen molar-refractivity contribution in [3.8, 4) is 0 Å². The molecule has 2 aliphatic rings. The molecule has 0 spiro atoms. The van der Waals surface area contributed by atoms with Gasteiger partial charge in [0.25, 0.3) is 0 Å². The largest absolute Gasteiger partial charge is 0.388 e. The molecule has 1 aromatic rings. The molecule has 0 radical (unpaired) electrons. The average Bonchev–Trinajstić information content (AvgIpc) is 2.83. The first-order chi connectivity index (χ1) is 9.17. The number of hydrogen-bond donors (Lipinski definition) is 1. The van der Waals surface area contributed by atoms with Crippen LogP contribution in [0.3, 0.4) is 0 Å². The molecule has 2 aliphatic heterocycles. The van der Waals surface area contributed by atoms with Gasteiger partial charge in [-0.1, -0.05) is 6.42 Å². The predicted octanol–water partition coefficient (Wildman–Crippen LogP) is 0.751. The van der Waals surface area contributed by atoms with Crippen LogP contribution in [0.4, 0.5) is 0 Å². The lowest BCUT2D eigenvalue weighted by Crippen LogP contribution is -2.58. The highest BCUT2D eigenvalue weighted by Crippen LogP contribution is 2.36. The monoisotopic (exact) mass is 265 g/mol. The molecule has 2 saturated heterocycles. The van der Waals surface area contributed by atoms with Crippen molar-refractivity contribution in [3.63, 3.8) is 0 Å². The molecule has 3 rings (SSSR count). The zero-order valence-electron chi connectivity index (χ0n) is 11.6. The summed E-state index contributed by atoms with van der Waals surface area (Å²) >= 11 is 0. The number of rotatable bonds is 3. The Morgan fingerprint density at radius 1 is 1.32 bits per heavy atom. The summed E-state index contributed by atoms with van der Waals surface area (Å²) in [4.78, 5) is 4.09. The molecule has 3 heterocycles. The first-order valence-corrected chi connectivity index (χ1v) is 7.38. The smallest absolute Gasteiger partial charge is 0.171 e. The fraction of sp³-hybridized carbons (Fsp3) is 0.923. The molecule has 106 valence electrons. The number of tetrazole rings is 1. The molecule has 0 amide bonds. The summed E-state index contributed by atoms with van der Waals surface area (Å²) in [5, 5.41) is 23.1. The normalized spacial score (nSPS) is 32.2. The van der Waals surface area contributed by atoms with Crippen LogP contribution < -0.4 is 0 Å². The second-order valence-electron chi connectivity index (χ2n) is 5.94. The minimum Gasteiger partial charge on any atom is -0.388 e. The first kappa shape index (κ1) is 13.0. The molecule has 0 aliphatic carbocycles. The number of nitrogens with zero attached hydrogens (tertiary/aromatic N) is 5. The topological polar surface area (TPSA) is 67.1 Å². The number of aromatic nitrogens is 4. The molecule has 0 bridgehead atoms. The van der Waals surface area contributed by atoms with Crippen LogP contribution in [0, 0.1) is 6.92 Å². The van der Waals surface area contributed by atoms with Gasteiger partial charge in [0, 0.05) is 6.04 Å². The van der Waals surface area contributed by atoms with Crippen LogP contribution in [0.5, 0.6) is 0 Å². The average molecular weight is 265 g/mol. The molecule has 6 heteroatoms. The van der Waals surface area contributed by atoms with E-state index < -0.39 is 5.60 Å². The molecule has 19 heavy (non-hydrogen) atoms. The Bertz CT molecular complexity index is 432. The van der Waals surface area contributed by atoms with Gasteiger partial charge in [-0.25, -0.2) is 0 Å². The third-order valence-corrected chi connectivity index (χ3v) is 4.59. The second-order valence-corrected chi connectivity index (χ2v) is 5.94. The maximum absolute atomic E-state index is 11.0. The highest BCUT2D eigenvalue weighted by atomic mass is 16.3. The molecule has 2 fully saturated rings. The minimum atomic E-state index is -0.569. The summed E-state index contributed by atoms with van der Waals surface area (Å²) in [5.74, 6) is 0.690. The van der Waals surface area contributed by atoms with E-state index in [0.717, 1.165) is 38.8 Å². The number of aryl methyl sites for hydroxylation is 2. The molecule has 1 N–H and O–H groups in total. The maximum Gasteiger partial charge on any atom is 0.171 e. The van der Waals surface area contributed by atoms with Crippen molar-refractivity contribution in [2.75, 3.05) is 13.1 Å². The van der Waals surface area contributed by atoms with E-state index in [4.69, 9.17) is 0 Å². The maximum atomic E-state index is 11.0. The lowest BCUT2D eigenvalue weighted by atomic mass is 9.77. The van der Waals surface area contributed by atoms with Crippen molar-refractivity contribution in [1.82, 2.24) is 25.1 Å². The molecule has 0 unspecified atom stereocenters. The summed E-state index contributed by atoms with van der Waals surface area (Å²) in [6.07, 6.45) is 6.36. The van der Waals surface area contributed by atoms with Crippen LogP contribution in [0.25, 0.3) is 0 Å². The standard InChI is InChI=1S/C13H23N5O/c1-11-14-16-18(15-11)10-7-13(19)6-4-9-17-8-3-2-5-12(13)17/h12,19H,2-10H2,1H3/t12-,13-/m1/s1. The van der Waals surface area contributed by atoms with Gasteiger partial charge in [0.2, 0.25) is 0 Å². The summed E-state index contributed by atoms with van der Waals surface area (Å²) in [6.45, 7) is 4.78. The van der Waals surface area contributed by atoms with Crippen LogP contribution in [0.15, 0.2) is 0 Å². The van der Waals surface area contributed by atoms with E-state index in [1.165, 1.54) is 12.8 Å². The fourth-order valence-electron chi connectivity index (χ4n) is 3.63. The molecular formula is C13H23N5O. The van der Waals surface area contributed by atoms with Crippen molar-refractivity contribution in [2.45, 2.75) is 63.6 Å². The number of aliphatic hydroxyl groups is 1. The summed E-state index contributed by atoms with van der Waals surface area (Å²) in [7, 11) is 0. The predicted molar refractivity (Wildman–Crippen MR) is 70.6 cm³/mol. The van der Waals surface area contributed by atoms with Crippen LogP contribution in [0.2, 0.25) is 0 Å². The molecule has 6 nitrogen and oxygen atoms in total. The van der Waals surface area contributed by atoms with E-state index in [0.29, 0.717) is 18.4 Å². The van der Waals surface area contributed by atoms with Crippen molar-refractivity contribution in [3.05, 3.63) is 5.82 Å². The summed E-state index contributed by atoms with van der Waals surface area (Å²) in [6, 6.07) is 0.333. The first-order valence-electron chi connectivity index (χ1n) is 7.38.